The van der Waals surface area contributed by atoms with Gasteiger partial charge in [-0.15, -0.1) is 0 Å². The van der Waals surface area contributed by atoms with Crippen LogP contribution in [0.3, 0.4) is 0 Å². The molecule has 1 aromatic carbocycles. The molecule has 0 atom stereocenters. The maximum absolute atomic E-state index is 6.00. The van der Waals surface area contributed by atoms with Crippen LogP contribution in [0.15, 0.2) is 30.3 Å². The summed E-state index contributed by atoms with van der Waals surface area (Å²) in [5.41, 5.74) is 7.37. The molecule has 3 nitrogen and oxygen atoms in total. The first-order valence-corrected chi connectivity index (χ1v) is 7.62. The van der Waals surface area contributed by atoms with E-state index in [9.17, 15) is 0 Å². The molecule has 0 aromatic heterocycles. The molecule has 0 amide bonds. The Kier molecular flexibility index (Phi) is 4.04. The number of rotatable bonds is 2. The van der Waals surface area contributed by atoms with E-state index < -0.39 is 0 Å². The summed E-state index contributed by atoms with van der Waals surface area (Å²) in [6.07, 6.45) is 5.02. The van der Waals surface area contributed by atoms with Gasteiger partial charge in [-0.25, -0.2) is 0 Å². The van der Waals surface area contributed by atoms with Crippen molar-refractivity contribution in [2.45, 2.75) is 37.8 Å². The summed E-state index contributed by atoms with van der Waals surface area (Å²) in [6.45, 7) is 4.72. The number of piperazine rings is 1. The average Bonchev–Trinajstić information content (AvgIpc) is 2.49. The number of nitrogens with two attached hydrogens (primary N) is 1. The Morgan fingerprint density at radius 1 is 0.842 bits per heavy atom. The SMILES string of the molecule is NC1CCC(N2CCN(c3ccccc3)CC2)CC1. The van der Waals surface area contributed by atoms with Crippen molar-refractivity contribution in [1.82, 2.24) is 4.90 Å². The summed E-state index contributed by atoms with van der Waals surface area (Å²) in [6, 6.07) is 12.0. The summed E-state index contributed by atoms with van der Waals surface area (Å²) >= 11 is 0. The first kappa shape index (κ1) is 12.9. The zero-order valence-electron chi connectivity index (χ0n) is 11.7. The minimum atomic E-state index is 0.460. The molecule has 2 fully saturated rings. The van der Waals surface area contributed by atoms with Crippen LogP contribution >= 0.6 is 0 Å². The van der Waals surface area contributed by atoms with Crippen LogP contribution in [0, 0.1) is 0 Å². The Morgan fingerprint density at radius 2 is 1.47 bits per heavy atom. The largest absolute Gasteiger partial charge is 0.369 e. The van der Waals surface area contributed by atoms with Gasteiger partial charge in [0, 0.05) is 44.0 Å². The molecule has 3 rings (SSSR count). The molecule has 1 heterocycles. The predicted octanol–water partition coefficient (Wildman–Crippen LogP) is 2.08. The molecular formula is C16H25N3. The molecule has 1 aliphatic carbocycles. The third-order valence-electron chi connectivity index (χ3n) is 4.69. The summed E-state index contributed by atoms with van der Waals surface area (Å²) in [5, 5.41) is 0. The third-order valence-corrected chi connectivity index (χ3v) is 4.69. The van der Waals surface area contributed by atoms with Gasteiger partial charge in [-0.2, -0.15) is 0 Å². The lowest BCUT2D eigenvalue weighted by Gasteiger charge is -2.42. The highest BCUT2D eigenvalue weighted by atomic mass is 15.3. The maximum Gasteiger partial charge on any atom is 0.0367 e. The molecule has 1 aliphatic heterocycles. The van der Waals surface area contributed by atoms with Crippen LogP contribution in [-0.4, -0.2) is 43.2 Å². The third kappa shape index (κ3) is 3.10. The zero-order valence-corrected chi connectivity index (χ0v) is 11.7. The second-order valence-corrected chi connectivity index (χ2v) is 5.93. The molecule has 0 bridgehead atoms. The van der Waals surface area contributed by atoms with Crippen molar-refractivity contribution in [3.63, 3.8) is 0 Å². The van der Waals surface area contributed by atoms with Crippen molar-refractivity contribution >= 4 is 5.69 Å². The van der Waals surface area contributed by atoms with E-state index in [0.29, 0.717) is 6.04 Å². The summed E-state index contributed by atoms with van der Waals surface area (Å²) in [7, 11) is 0. The lowest BCUT2D eigenvalue weighted by atomic mass is 9.90. The predicted molar refractivity (Wildman–Crippen MR) is 80.5 cm³/mol. The summed E-state index contributed by atoms with van der Waals surface area (Å²) in [5.74, 6) is 0. The molecule has 19 heavy (non-hydrogen) atoms. The highest BCUT2D eigenvalue weighted by Crippen LogP contribution is 2.24. The molecule has 0 unspecified atom stereocenters. The van der Waals surface area contributed by atoms with Crippen LogP contribution in [0.1, 0.15) is 25.7 Å². The van der Waals surface area contributed by atoms with Crippen LogP contribution in [0.25, 0.3) is 0 Å². The van der Waals surface area contributed by atoms with Crippen molar-refractivity contribution in [3.05, 3.63) is 30.3 Å². The normalized spacial score (nSPS) is 29.4. The quantitative estimate of drug-likeness (QED) is 0.882. The molecule has 2 aliphatic rings. The molecule has 0 spiro atoms. The number of benzene rings is 1. The van der Waals surface area contributed by atoms with E-state index in [1.165, 1.54) is 44.5 Å². The van der Waals surface area contributed by atoms with Crippen molar-refractivity contribution in [1.29, 1.82) is 0 Å². The Morgan fingerprint density at radius 3 is 2.11 bits per heavy atom. The van der Waals surface area contributed by atoms with Gasteiger partial charge in [-0.3, -0.25) is 4.90 Å². The van der Waals surface area contributed by atoms with Crippen molar-refractivity contribution in [2.75, 3.05) is 31.1 Å². The van der Waals surface area contributed by atoms with Crippen molar-refractivity contribution < 1.29 is 0 Å². The fourth-order valence-corrected chi connectivity index (χ4v) is 3.45. The van der Waals surface area contributed by atoms with Crippen LogP contribution in [-0.2, 0) is 0 Å². The van der Waals surface area contributed by atoms with Crippen molar-refractivity contribution in [2.24, 2.45) is 5.73 Å². The van der Waals surface area contributed by atoms with Crippen molar-refractivity contribution in [3.8, 4) is 0 Å². The minimum Gasteiger partial charge on any atom is -0.369 e. The molecular weight excluding hydrogens is 234 g/mol. The highest BCUT2D eigenvalue weighted by molar-refractivity contribution is 5.46. The smallest absolute Gasteiger partial charge is 0.0367 e. The fourth-order valence-electron chi connectivity index (χ4n) is 3.45. The van der Waals surface area contributed by atoms with Crippen LogP contribution in [0.2, 0.25) is 0 Å². The number of para-hydroxylation sites is 1. The topological polar surface area (TPSA) is 32.5 Å². The average molecular weight is 259 g/mol. The highest BCUT2D eigenvalue weighted by Gasteiger charge is 2.27. The van der Waals surface area contributed by atoms with Gasteiger partial charge in [0.1, 0.15) is 0 Å². The lowest BCUT2D eigenvalue weighted by Crippen LogP contribution is -2.51. The van der Waals surface area contributed by atoms with E-state index in [-0.39, 0.29) is 0 Å². The first-order chi connectivity index (χ1) is 9.33. The van der Waals surface area contributed by atoms with Gasteiger partial charge in [0.05, 0.1) is 0 Å². The number of anilines is 1. The van der Waals surface area contributed by atoms with Gasteiger partial charge in [-0.05, 0) is 37.8 Å². The van der Waals surface area contributed by atoms with Gasteiger partial charge < -0.3 is 10.6 Å². The molecule has 1 saturated heterocycles. The van der Waals surface area contributed by atoms with E-state index >= 15 is 0 Å². The van der Waals surface area contributed by atoms with Gasteiger partial charge >= 0.3 is 0 Å². The summed E-state index contributed by atoms with van der Waals surface area (Å²) < 4.78 is 0. The Bertz CT molecular complexity index is 376. The standard InChI is InChI=1S/C16H25N3/c17-14-6-8-16(9-7-14)19-12-10-18(11-13-19)15-4-2-1-3-5-15/h1-5,14,16H,6-13,17H2. The number of hydrogen-bond acceptors (Lipinski definition) is 3. The molecule has 0 radical (unpaired) electrons. The van der Waals surface area contributed by atoms with Gasteiger partial charge in [0.15, 0.2) is 0 Å². The second kappa shape index (κ2) is 5.93. The van der Waals surface area contributed by atoms with Crippen LogP contribution in [0.4, 0.5) is 5.69 Å². The van der Waals surface area contributed by atoms with Gasteiger partial charge in [0.2, 0.25) is 0 Å². The molecule has 3 heteroatoms. The first-order valence-electron chi connectivity index (χ1n) is 7.62. The Labute approximate surface area is 116 Å². The minimum absolute atomic E-state index is 0.460. The monoisotopic (exact) mass is 259 g/mol. The fraction of sp³-hybridized carbons (Fsp3) is 0.625. The maximum atomic E-state index is 6.00. The Hall–Kier alpha value is -1.06. The van der Waals surface area contributed by atoms with E-state index in [1.807, 2.05) is 0 Å². The van der Waals surface area contributed by atoms with E-state index in [1.54, 1.807) is 0 Å². The van der Waals surface area contributed by atoms with Gasteiger partial charge in [-0.1, -0.05) is 18.2 Å². The molecule has 2 N–H and O–H groups in total. The number of nitrogens with zero attached hydrogens (tertiary/aromatic N) is 2. The van der Waals surface area contributed by atoms with Crippen LogP contribution < -0.4 is 10.6 Å². The van der Waals surface area contributed by atoms with E-state index in [2.05, 4.69) is 40.1 Å². The van der Waals surface area contributed by atoms with Crippen LogP contribution in [0.5, 0.6) is 0 Å². The second-order valence-electron chi connectivity index (χ2n) is 5.93. The molecule has 1 saturated carbocycles. The van der Waals surface area contributed by atoms with Gasteiger partial charge in [0.25, 0.3) is 0 Å². The van der Waals surface area contributed by atoms with E-state index in [4.69, 9.17) is 5.73 Å². The molecule has 1 aromatic rings. The number of hydrogen-bond donors (Lipinski definition) is 1. The van der Waals surface area contributed by atoms with E-state index in [0.717, 1.165) is 19.1 Å². The Balaban J connectivity index is 1.52. The summed E-state index contributed by atoms with van der Waals surface area (Å²) in [4.78, 5) is 5.19. The zero-order chi connectivity index (χ0) is 13.1. The lowest BCUT2D eigenvalue weighted by molar-refractivity contribution is 0.142. The molecule has 104 valence electrons.